The lowest BCUT2D eigenvalue weighted by atomic mass is 10.2. The average Bonchev–Trinajstić information content (AvgIpc) is 2.39. The zero-order valence-corrected chi connectivity index (χ0v) is 14.0. The van der Waals surface area contributed by atoms with Crippen molar-refractivity contribution < 1.29 is 9.18 Å². The topological polar surface area (TPSA) is 41.1 Å². The average molecular weight is 384 g/mol. The van der Waals surface area contributed by atoms with Gasteiger partial charge in [0.1, 0.15) is 5.82 Å². The molecule has 1 heterocycles. The normalized spacial score (nSPS) is 18.2. The second-order valence-corrected chi connectivity index (χ2v) is 6.45. The number of thioether (sulfide) groups is 1. The van der Waals surface area contributed by atoms with Crippen molar-refractivity contribution in [3.63, 3.8) is 0 Å². The third kappa shape index (κ3) is 5.60. The highest BCUT2D eigenvalue weighted by atomic mass is 79.9. The smallest absolute Gasteiger partial charge is 0.221 e. The van der Waals surface area contributed by atoms with Crippen LogP contribution in [-0.4, -0.2) is 30.0 Å². The Bertz CT molecular complexity index is 458. The first-order chi connectivity index (χ1) is 9.15. The molecule has 2 rings (SSSR count). The fourth-order valence-electron chi connectivity index (χ4n) is 1.91. The Kier molecular flexibility index (Phi) is 7.87. The maximum absolute atomic E-state index is 12.9. The van der Waals surface area contributed by atoms with Crippen LogP contribution in [0.4, 0.5) is 4.39 Å². The van der Waals surface area contributed by atoms with Gasteiger partial charge in [0, 0.05) is 41.5 Å². The van der Waals surface area contributed by atoms with Crippen LogP contribution in [0.3, 0.4) is 0 Å². The van der Waals surface area contributed by atoms with E-state index in [4.69, 9.17) is 0 Å². The van der Waals surface area contributed by atoms with Crippen LogP contribution >= 0.6 is 40.1 Å². The summed E-state index contributed by atoms with van der Waals surface area (Å²) < 4.78 is 13.6. The number of nitrogens with one attached hydrogen (secondary N) is 2. The van der Waals surface area contributed by atoms with Gasteiger partial charge in [-0.2, -0.15) is 11.8 Å². The lowest BCUT2D eigenvalue weighted by Crippen LogP contribution is -2.41. The van der Waals surface area contributed by atoms with Crippen molar-refractivity contribution >= 4 is 46.0 Å². The predicted octanol–water partition coefficient (Wildman–Crippen LogP) is 2.72. The number of amides is 1. The molecule has 112 valence electrons. The molecule has 0 spiro atoms. The third-order valence-corrected chi connectivity index (χ3v) is 4.79. The summed E-state index contributed by atoms with van der Waals surface area (Å²) in [6.45, 7) is 1.38. The van der Waals surface area contributed by atoms with Crippen molar-refractivity contribution in [3.8, 4) is 0 Å². The zero-order valence-electron chi connectivity index (χ0n) is 10.8. The molecule has 0 bridgehead atoms. The van der Waals surface area contributed by atoms with E-state index in [0.29, 0.717) is 17.4 Å². The van der Waals surface area contributed by atoms with Crippen LogP contribution in [0.15, 0.2) is 22.7 Å². The van der Waals surface area contributed by atoms with Crippen LogP contribution in [0.5, 0.6) is 0 Å². The Balaban J connectivity index is 0.00000200. The summed E-state index contributed by atoms with van der Waals surface area (Å²) in [6, 6.07) is 4.73. The molecule has 20 heavy (non-hydrogen) atoms. The summed E-state index contributed by atoms with van der Waals surface area (Å²) in [5.74, 6) is 1.83. The number of hydrogen-bond donors (Lipinski definition) is 2. The molecule has 1 aromatic carbocycles. The lowest BCUT2D eigenvalue weighted by Gasteiger charge is -2.22. The number of carbonyl (C=O) groups is 1. The predicted molar refractivity (Wildman–Crippen MR) is 86.9 cm³/mol. The molecule has 0 saturated carbocycles. The standard InChI is InChI=1S/C13H16BrFN2OS.ClH/c14-12-5-10(15)2-1-9(12)7-17-13(18)6-11-8-19-4-3-16-11;/h1-2,5,11,16H,3-4,6-8H2,(H,17,18);1H. The van der Waals surface area contributed by atoms with Crippen LogP contribution in [0, 0.1) is 5.82 Å². The number of halogens is 3. The van der Waals surface area contributed by atoms with Gasteiger partial charge in [-0.05, 0) is 17.7 Å². The van der Waals surface area contributed by atoms with E-state index in [0.717, 1.165) is 23.6 Å². The quantitative estimate of drug-likeness (QED) is 0.840. The van der Waals surface area contributed by atoms with Gasteiger partial charge in [0.2, 0.25) is 5.91 Å². The molecule has 1 saturated heterocycles. The maximum Gasteiger partial charge on any atom is 0.221 e. The molecular weight excluding hydrogens is 367 g/mol. The minimum Gasteiger partial charge on any atom is -0.352 e. The molecule has 0 radical (unpaired) electrons. The van der Waals surface area contributed by atoms with Crippen molar-refractivity contribution in [1.29, 1.82) is 0 Å². The fourth-order valence-corrected chi connectivity index (χ4v) is 3.35. The summed E-state index contributed by atoms with van der Waals surface area (Å²) in [5.41, 5.74) is 0.876. The Morgan fingerprint density at radius 2 is 2.35 bits per heavy atom. The van der Waals surface area contributed by atoms with Gasteiger partial charge >= 0.3 is 0 Å². The summed E-state index contributed by atoms with van der Waals surface area (Å²) in [7, 11) is 0. The van der Waals surface area contributed by atoms with Crippen LogP contribution < -0.4 is 10.6 Å². The Morgan fingerprint density at radius 1 is 1.55 bits per heavy atom. The second kappa shape index (κ2) is 8.87. The highest BCUT2D eigenvalue weighted by Gasteiger charge is 2.16. The van der Waals surface area contributed by atoms with Gasteiger partial charge in [-0.15, -0.1) is 12.4 Å². The van der Waals surface area contributed by atoms with Crippen molar-refractivity contribution in [1.82, 2.24) is 10.6 Å². The van der Waals surface area contributed by atoms with Gasteiger partial charge in [-0.25, -0.2) is 4.39 Å². The van der Waals surface area contributed by atoms with Gasteiger partial charge in [0.05, 0.1) is 0 Å². The first-order valence-electron chi connectivity index (χ1n) is 6.17. The van der Waals surface area contributed by atoms with Gasteiger partial charge in [0.15, 0.2) is 0 Å². The molecule has 1 aliphatic heterocycles. The molecule has 0 aliphatic carbocycles. The molecule has 1 fully saturated rings. The van der Waals surface area contributed by atoms with E-state index in [1.807, 2.05) is 11.8 Å². The third-order valence-electron chi connectivity index (χ3n) is 2.92. The van der Waals surface area contributed by atoms with Crippen molar-refractivity contribution in [2.24, 2.45) is 0 Å². The summed E-state index contributed by atoms with van der Waals surface area (Å²) in [5, 5.41) is 6.19. The number of benzene rings is 1. The zero-order chi connectivity index (χ0) is 13.7. The largest absolute Gasteiger partial charge is 0.352 e. The minimum atomic E-state index is -0.287. The molecule has 7 heteroatoms. The highest BCUT2D eigenvalue weighted by molar-refractivity contribution is 9.10. The van der Waals surface area contributed by atoms with Crippen molar-refractivity contribution in [3.05, 3.63) is 34.1 Å². The molecule has 3 nitrogen and oxygen atoms in total. The molecule has 1 atom stereocenters. The Labute approximate surface area is 137 Å². The SMILES string of the molecule is Cl.O=C(CC1CSCCN1)NCc1ccc(F)cc1Br. The van der Waals surface area contributed by atoms with E-state index >= 15 is 0 Å². The first kappa shape index (κ1) is 17.8. The van der Waals surface area contributed by atoms with Crippen LogP contribution in [-0.2, 0) is 11.3 Å². The van der Waals surface area contributed by atoms with E-state index in [2.05, 4.69) is 26.6 Å². The van der Waals surface area contributed by atoms with Crippen LogP contribution in [0.2, 0.25) is 0 Å². The van der Waals surface area contributed by atoms with Crippen LogP contribution in [0.25, 0.3) is 0 Å². The van der Waals surface area contributed by atoms with Crippen molar-refractivity contribution in [2.45, 2.75) is 19.0 Å². The first-order valence-corrected chi connectivity index (χ1v) is 8.11. The molecule has 1 aromatic rings. The number of carbonyl (C=O) groups excluding carboxylic acids is 1. The summed E-state index contributed by atoms with van der Waals surface area (Å²) >= 11 is 5.16. The van der Waals surface area contributed by atoms with Crippen molar-refractivity contribution in [2.75, 3.05) is 18.1 Å². The van der Waals surface area contributed by atoms with E-state index in [1.165, 1.54) is 12.1 Å². The second-order valence-electron chi connectivity index (χ2n) is 4.44. The number of hydrogen-bond acceptors (Lipinski definition) is 3. The summed E-state index contributed by atoms with van der Waals surface area (Å²) in [4.78, 5) is 11.8. The number of rotatable bonds is 4. The highest BCUT2D eigenvalue weighted by Crippen LogP contribution is 2.18. The van der Waals surface area contributed by atoms with E-state index in [9.17, 15) is 9.18 Å². The fraction of sp³-hybridized carbons (Fsp3) is 0.462. The van der Waals surface area contributed by atoms with Gasteiger partial charge in [-0.1, -0.05) is 22.0 Å². The van der Waals surface area contributed by atoms with Gasteiger partial charge < -0.3 is 10.6 Å². The molecule has 1 unspecified atom stereocenters. The minimum absolute atomic E-state index is 0. The van der Waals surface area contributed by atoms with E-state index in [-0.39, 0.29) is 30.2 Å². The maximum atomic E-state index is 12.9. The van der Waals surface area contributed by atoms with E-state index < -0.39 is 0 Å². The lowest BCUT2D eigenvalue weighted by molar-refractivity contribution is -0.121. The van der Waals surface area contributed by atoms with Crippen LogP contribution in [0.1, 0.15) is 12.0 Å². The van der Waals surface area contributed by atoms with E-state index in [1.54, 1.807) is 6.07 Å². The molecule has 0 aromatic heterocycles. The Hall–Kier alpha value is -0.300. The Morgan fingerprint density at radius 3 is 3.00 bits per heavy atom. The molecular formula is C13H17BrClFN2OS. The monoisotopic (exact) mass is 382 g/mol. The van der Waals surface area contributed by atoms with Gasteiger partial charge in [0.25, 0.3) is 0 Å². The summed E-state index contributed by atoms with van der Waals surface area (Å²) in [6.07, 6.45) is 0.492. The molecule has 2 N–H and O–H groups in total. The molecule has 1 amide bonds. The van der Waals surface area contributed by atoms with Gasteiger partial charge in [-0.3, -0.25) is 4.79 Å². The molecule has 1 aliphatic rings.